The van der Waals surface area contributed by atoms with Crippen LogP contribution < -0.4 is 0 Å². The van der Waals surface area contributed by atoms with Gasteiger partial charge in [0.05, 0.1) is 4.92 Å². The van der Waals surface area contributed by atoms with Crippen LogP contribution in [0.1, 0.15) is 21.5 Å². The molecule has 0 aliphatic heterocycles. The number of benzene rings is 2. The van der Waals surface area contributed by atoms with Crippen molar-refractivity contribution in [3.8, 4) is 0 Å². The predicted octanol–water partition coefficient (Wildman–Crippen LogP) is 4.70. The van der Waals surface area contributed by atoms with Crippen molar-refractivity contribution in [2.75, 3.05) is 0 Å². The predicted molar refractivity (Wildman–Crippen MR) is 85.3 cm³/mol. The summed E-state index contributed by atoms with van der Waals surface area (Å²) in [6, 6.07) is 8.72. The second kappa shape index (κ2) is 6.62. The molecule has 0 heterocycles. The van der Waals surface area contributed by atoms with Gasteiger partial charge in [0.2, 0.25) is 0 Å². The fraction of sp³-hybridized carbons (Fsp3) is 0.0625. The number of carbonyl (C=O) groups excluding carboxylic acids is 1. The number of nitro benzene ring substituents is 1. The minimum absolute atomic E-state index is 0.117. The van der Waals surface area contributed by atoms with E-state index in [1.54, 1.807) is 13.0 Å². The molecule has 6 heteroatoms. The van der Waals surface area contributed by atoms with Gasteiger partial charge in [-0.25, -0.2) is 4.39 Å². The molecule has 2 aromatic carbocycles. The fourth-order valence-corrected chi connectivity index (χ4v) is 2.19. The molecule has 0 saturated carbocycles. The van der Waals surface area contributed by atoms with Crippen LogP contribution in [0, 0.1) is 22.9 Å². The van der Waals surface area contributed by atoms with Gasteiger partial charge in [-0.1, -0.05) is 34.1 Å². The maximum atomic E-state index is 13.6. The van der Waals surface area contributed by atoms with E-state index in [2.05, 4.69) is 15.9 Å². The molecule has 0 N–H and O–H groups in total. The van der Waals surface area contributed by atoms with E-state index in [0.29, 0.717) is 10.0 Å². The molecule has 2 rings (SSSR count). The lowest BCUT2D eigenvalue weighted by Gasteiger charge is -2.00. The first-order valence-electron chi connectivity index (χ1n) is 6.31. The van der Waals surface area contributed by atoms with Gasteiger partial charge >= 0.3 is 0 Å². The van der Waals surface area contributed by atoms with E-state index in [1.165, 1.54) is 42.5 Å². The van der Waals surface area contributed by atoms with Gasteiger partial charge in [0.1, 0.15) is 5.82 Å². The number of ketones is 1. The van der Waals surface area contributed by atoms with Crippen molar-refractivity contribution in [3.05, 3.63) is 79.6 Å². The van der Waals surface area contributed by atoms with Crippen LogP contribution >= 0.6 is 15.9 Å². The smallest absolute Gasteiger partial charge is 0.273 e. The van der Waals surface area contributed by atoms with Crippen LogP contribution in [0.2, 0.25) is 0 Å². The first-order valence-corrected chi connectivity index (χ1v) is 7.10. The number of hydrogen-bond donors (Lipinski definition) is 0. The Balaban J connectivity index is 2.27. The third-order valence-electron chi connectivity index (χ3n) is 3.07. The van der Waals surface area contributed by atoms with Crippen LogP contribution in [0.3, 0.4) is 0 Å². The number of rotatable bonds is 4. The fourth-order valence-electron chi connectivity index (χ4n) is 1.86. The summed E-state index contributed by atoms with van der Waals surface area (Å²) in [5.41, 5.74) is 0.808. The Morgan fingerprint density at radius 1 is 1.27 bits per heavy atom. The summed E-state index contributed by atoms with van der Waals surface area (Å²) in [7, 11) is 0. The maximum Gasteiger partial charge on any atom is 0.273 e. The number of nitro groups is 1. The molecule has 0 saturated heterocycles. The van der Waals surface area contributed by atoms with Crippen LogP contribution in [-0.4, -0.2) is 10.7 Å². The second-order valence-electron chi connectivity index (χ2n) is 4.62. The quantitative estimate of drug-likeness (QED) is 0.342. The van der Waals surface area contributed by atoms with E-state index in [0.717, 1.165) is 0 Å². The van der Waals surface area contributed by atoms with Crippen molar-refractivity contribution in [1.82, 2.24) is 0 Å². The molecule has 112 valence electrons. The Morgan fingerprint density at radius 3 is 2.64 bits per heavy atom. The zero-order chi connectivity index (χ0) is 16.3. The highest BCUT2D eigenvalue weighted by Crippen LogP contribution is 2.20. The van der Waals surface area contributed by atoms with E-state index in [-0.39, 0.29) is 16.8 Å². The number of nitrogens with zero attached hydrogens (tertiary/aromatic N) is 1. The number of hydrogen-bond acceptors (Lipinski definition) is 3. The topological polar surface area (TPSA) is 60.2 Å². The molecule has 0 radical (unpaired) electrons. The lowest BCUT2D eigenvalue weighted by atomic mass is 10.1. The summed E-state index contributed by atoms with van der Waals surface area (Å²) < 4.78 is 14.2. The van der Waals surface area contributed by atoms with E-state index in [9.17, 15) is 19.3 Å². The van der Waals surface area contributed by atoms with Gasteiger partial charge < -0.3 is 0 Å². The van der Waals surface area contributed by atoms with Crippen LogP contribution in [0.15, 0.2) is 46.9 Å². The molecule has 0 atom stereocenters. The number of carbonyl (C=O) groups is 1. The highest BCUT2D eigenvalue weighted by molar-refractivity contribution is 9.10. The zero-order valence-electron chi connectivity index (χ0n) is 11.5. The summed E-state index contributed by atoms with van der Waals surface area (Å²) in [6.07, 6.45) is 2.54. The Hall–Kier alpha value is -2.34. The van der Waals surface area contributed by atoms with E-state index >= 15 is 0 Å². The lowest BCUT2D eigenvalue weighted by molar-refractivity contribution is -0.385. The molecular formula is C16H11BrFNO3. The third-order valence-corrected chi connectivity index (χ3v) is 3.56. The number of halogens is 2. The van der Waals surface area contributed by atoms with Gasteiger partial charge in [0.15, 0.2) is 5.78 Å². The standard InChI is InChI=1S/C16H11BrFNO3/c1-10-2-3-12(8-15(10)19(21)22)16(20)7-5-11-4-6-13(17)9-14(11)18/h2-9H,1H3/b7-5+. The second-order valence-corrected chi connectivity index (χ2v) is 5.54. The van der Waals surface area contributed by atoms with Crippen LogP contribution in [0.5, 0.6) is 0 Å². The van der Waals surface area contributed by atoms with Crippen LogP contribution in [-0.2, 0) is 0 Å². The molecule has 22 heavy (non-hydrogen) atoms. The van der Waals surface area contributed by atoms with Gasteiger partial charge in [-0.15, -0.1) is 0 Å². The van der Waals surface area contributed by atoms with Gasteiger partial charge in [-0.2, -0.15) is 0 Å². The van der Waals surface area contributed by atoms with Crippen molar-refractivity contribution < 1.29 is 14.1 Å². The Labute approximate surface area is 134 Å². The molecule has 0 fully saturated rings. The highest BCUT2D eigenvalue weighted by atomic mass is 79.9. The molecule has 0 unspecified atom stereocenters. The van der Waals surface area contributed by atoms with E-state index in [1.807, 2.05) is 0 Å². The van der Waals surface area contributed by atoms with Gasteiger partial charge in [0.25, 0.3) is 5.69 Å². The van der Waals surface area contributed by atoms with Gasteiger partial charge in [-0.3, -0.25) is 14.9 Å². The molecule has 0 amide bonds. The molecule has 4 nitrogen and oxygen atoms in total. The molecule has 0 aromatic heterocycles. The zero-order valence-corrected chi connectivity index (χ0v) is 13.1. The van der Waals surface area contributed by atoms with Crippen LogP contribution in [0.25, 0.3) is 6.08 Å². The monoisotopic (exact) mass is 363 g/mol. The van der Waals surface area contributed by atoms with E-state index < -0.39 is 16.5 Å². The normalized spacial score (nSPS) is 10.9. The highest BCUT2D eigenvalue weighted by Gasteiger charge is 2.13. The Morgan fingerprint density at radius 2 is 2.00 bits per heavy atom. The lowest BCUT2D eigenvalue weighted by Crippen LogP contribution is -1.98. The first kappa shape index (κ1) is 16.0. The van der Waals surface area contributed by atoms with Crippen molar-refractivity contribution in [3.63, 3.8) is 0 Å². The van der Waals surface area contributed by atoms with Crippen molar-refractivity contribution >= 4 is 33.5 Å². The summed E-state index contributed by atoms with van der Waals surface area (Å²) >= 11 is 3.15. The first-order chi connectivity index (χ1) is 10.4. The minimum atomic E-state index is -0.537. The minimum Gasteiger partial charge on any atom is -0.289 e. The average molecular weight is 364 g/mol. The van der Waals surface area contributed by atoms with Crippen molar-refractivity contribution in [2.24, 2.45) is 0 Å². The molecule has 0 bridgehead atoms. The van der Waals surface area contributed by atoms with Crippen LogP contribution in [0.4, 0.5) is 10.1 Å². The summed E-state index contributed by atoms with van der Waals surface area (Å²) in [5.74, 6) is -0.890. The summed E-state index contributed by atoms with van der Waals surface area (Å²) in [5, 5.41) is 10.9. The molecule has 0 aliphatic carbocycles. The largest absolute Gasteiger partial charge is 0.289 e. The van der Waals surface area contributed by atoms with Crippen molar-refractivity contribution in [1.29, 1.82) is 0 Å². The molecule has 0 aliphatic rings. The Bertz CT molecular complexity index is 787. The third kappa shape index (κ3) is 3.65. The molecule has 0 spiro atoms. The Kier molecular flexibility index (Phi) is 4.82. The number of aryl methyl sites for hydroxylation is 1. The molecular weight excluding hydrogens is 353 g/mol. The van der Waals surface area contributed by atoms with Gasteiger partial charge in [-0.05, 0) is 31.2 Å². The SMILES string of the molecule is Cc1ccc(C(=O)/C=C/c2ccc(Br)cc2F)cc1[N+](=O)[O-]. The van der Waals surface area contributed by atoms with E-state index in [4.69, 9.17) is 0 Å². The molecule has 2 aromatic rings. The van der Waals surface area contributed by atoms with Crippen molar-refractivity contribution in [2.45, 2.75) is 6.92 Å². The summed E-state index contributed by atoms with van der Waals surface area (Å²) in [4.78, 5) is 22.4. The van der Waals surface area contributed by atoms with Gasteiger partial charge in [0, 0.05) is 27.2 Å². The maximum absolute atomic E-state index is 13.6. The average Bonchev–Trinajstić information content (AvgIpc) is 2.46. The number of allylic oxidation sites excluding steroid dienone is 1. The summed E-state index contributed by atoms with van der Waals surface area (Å²) in [6.45, 7) is 1.60.